The number of aryl methyl sites for hydroxylation is 1. The first kappa shape index (κ1) is 25.2. The van der Waals surface area contributed by atoms with Gasteiger partial charge in [-0.2, -0.15) is 5.26 Å². The molecule has 1 aromatic heterocycles. The smallest absolute Gasteiger partial charge is 0.243 e. The van der Waals surface area contributed by atoms with E-state index in [1.54, 1.807) is 0 Å². The molecule has 4 aromatic rings. The Hall–Kier alpha value is -4.44. The molecule has 0 radical (unpaired) electrons. The molecule has 7 nitrogen and oxygen atoms in total. The summed E-state index contributed by atoms with van der Waals surface area (Å²) < 4.78 is 0. The van der Waals surface area contributed by atoms with Crippen molar-refractivity contribution < 1.29 is 4.79 Å². The van der Waals surface area contributed by atoms with Crippen molar-refractivity contribution in [3.63, 3.8) is 0 Å². The highest BCUT2D eigenvalue weighted by atomic mass is 16.1. The van der Waals surface area contributed by atoms with Crippen LogP contribution in [0.15, 0.2) is 72.8 Å². The standard InChI is InChI=1S/C31H32N6O/c1-22-9-8-14-28(23(22)2)36-17-19-37(20-18-36)30-29(34-26-12-6-7-13-27(26)35-30)25(21-32)31(38)33-16-15-24-10-4-3-5-11-24/h3-14,25H,15-20H2,1-2H3,(H,33,38)/t25-/m1/s1. The van der Waals surface area contributed by atoms with Gasteiger partial charge in [0, 0.05) is 38.4 Å². The molecule has 1 atom stereocenters. The Bertz CT molecular complexity index is 1470. The number of carbonyl (C=O) groups excluding carboxylic acids is 1. The van der Waals surface area contributed by atoms with Crippen LogP contribution in [-0.2, 0) is 11.2 Å². The van der Waals surface area contributed by atoms with Gasteiger partial charge in [0.15, 0.2) is 11.7 Å². The summed E-state index contributed by atoms with van der Waals surface area (Å²) in [6.45, 7) is 7.84. The summed E-state index contributed by atoms with van der Waals surface area (Å²) in [4.78, 5) is 27.5. The van der Waals surface area contributed by atoms with Crippen LogP contribution in [0.5, 0.6) is 0 Å². The molecule has 0 bridgehead atoms. The van der Waals surface area contributed by atoms with Crippen LogP contribution in [-0.4, -0.2) is 48.6 Å². The number of aromatic nitrogens is 2. The zero-order valence-electron chi connectivity index (χ0n) is 21.9. The van der Waals surface area contributed by atoms with E-state index < -0.39 is 5.92 Å². The molecule has 0 aliphatic carbocycles. The zero-order valence-corrected chi connectivity index (χ0v) is 21.9. The van der Waals surface area contributed by atoms with Gasteiger partial charge in [-0.25, -0.2) is 9.97 Å². The van der Waals surface area contributed by atoms with Crippen molar-refractivity contribution in [3.05, 3.63) is 95.2 Å². The first-order chi connectivity index (χ1) is 18.5. The van der Waals surface area contributed by atoms with Gasteiger partial charge in [-0.1, -0.05) is 54.6 Å². The zero-order chi connectivity index (χ0) is 26.5. The summed E-state index contributed by atoms with van der Waals surface area (Å²) in [5.74, 6) is -0.771. The van der Waals surface area contributed by atoms with E-state index in [4.69, 9.17) is 9.97 Å². The second-order valence-electron chi connectivity index (χ2n) is 9.70. The van der Waals surface area contributed by atoms with E-state index in [0.717, 1.165) is 37.3 Å². The molecule has 1 amide bonds. The van der Waals surface area contributed by atoms with Gasteiger partial charge in [0.1, 0.15) is 5.69 Å². The highest BCUT2D eigenvalue weighted by molar-refractivity contribution is 5.89. The third-order valence-corrected chi connectivity index (χ3v) is 7.29. The number of hydrogen-bond acceptors (Lipinski definition) is 6. The van der Waals surface area contributed by atoms with Crippen LogP contribution in [0.4, 0.5) is 11.5 Å². The van der Waals surface area contributed by atoms with Gasteiger partial charge in [-0.3, -0.25) is 4.79 Å². The Labute approximate surface area is 223 Å². The molecule has 0 saturated carbocycles. The van der Waals surface area contributed by atoms with Gasteiger partial charge in [0.05, 0.1) is 17.1 Å². The van der Waals surface area contributed by atoms with Crippen molar-refractivity contribution in [2.24, 2.45) is 0 Å². The number of nitrogens with one attached hydrogen (secondary N) is 1. The van der Waals surface area contributed by atoms with Gasteiger partial charge in [0.2, 0.25) is 5.91 Å². The average Bonchev–Trinajstić information content (AvgIpc) is 2.95. The van der Waals surface area contributed by atoms with Gasteiger partial charge in [0.25, 0.3) is 0 Å². The Balaban J connectivity index is 1.38. The fourth-order valence-corrected chi connectivity index (χ4v) is 4.99. The molecular weight excluding hydrogens is 472 g/mol. The normalized spacial score (nSPS) is 14.2. The molecule has 192 valence electrons. The number of nitriles is 1. The minimum Gasteiger partial charge on any atom is -0.368 e. The molecule has 38 heavy (non-hydrogen) atoms. The maximum atomic E-state index is 13.2. The Morgan fingerprint density at radius 3 is 2.26 bits per heavy atom. The first-order valence-electron chi connectivity index (χ1n) is 13.1. The summed E-state index contributed by atoms with van der Waals surface area (Å²) in [7, 11) is 0. The van der Waals surface area contributed by atoms with E-state index in [1.807, 2.05) is 54.6 Å². The Kier molecular flexibility index (Phi) is 7.50. The lowest BCUT2D eigenvalue weighted by atomic mass is 10.0. The van der Waals surface area contributed by atoms with Crippen molar-refractivity contribution in [3.8, 4) is 6.07 Å². The van der Waals surface area contributed by atoms with Gasteiger partial charge >= 0.3 is 0 Å². The van der Waals surface area contributed by atoms with Gasteiger partial charge in [-0.15, -0.1) is 0 Å². The minimum atomic E-state index is -1.05. The number of benzene rings is 3. The van der Waals surface area contributed by atoms with E-state index in [9.17, 15) is 10.1 Å². The number of hydrogen-bond donors (Lipinski definition) is 1. The van der Waals surface area contributed by atoms with Gasteiger partial charge < -0.3 is 15.1 Å². The largest absolute Gasteiger partial charge is 0.368 e. The highest BCUT2D eigenvalue weighted by Crippen LogP contribution is 2.30. The van der Waals surface area contributed by atoms with Crippen molar-refractivity contribution in [2.45, 2.75) is 26.2 Å². The molecule has 1 fully saturated rings. The maximum absolute atomic E-state index is 13.2. The summed E-state index contributed by atoms with van der Waals surface area (Å²) in [5.41, 5.74) is 6.81. The third kappa shape index (κ3) is 5.30. The van der Waals surface area contributed by atoms with Crippen molar-refractivity contribution in [1.29, 1.82) is 5.26 Å². The molecule has 5 rings (SSSR count). The van der Waals surface area contributed by atoms with E-state index in [2.05, 4.69) is 53.2 Å². The number of anilines is 2. The molecule has 2 heterocycles. The summed E-state index contributed by atoms with van der Waals surface area (Å²) in [6.07, 6.45) is 0.696. The van der Waals surface area contributed by atoms with E-state index in [0.29, 0.717) is 30.0 Å². The number of piperazine rings is 1. The van der Waals surface area contributed by atoms with Crippen LogP contribution in [0.3, 0.4) is 0 Å². The van der Waals surface area contributed by atoms with Crippen LogP contribution >= 0.6 is 0 Å². The van der Waals surface area contributed by atoms with Crippen LogP contribution in [0.1, 0.15) is 28.3 Å². The monoisotopic (exact) mass is 504 g/mol. The molecule has 7 heteroatoms. The number of nitrogens with zero attached hydrogens (tertiary/aromatic N) is 5. The van der Waals surface area contributed by atoms with Crippen molar-refractivity contribution in [1.82, 2.24) is 15.3 Å². The topological polar surface area (TPSA) is 85.2 Å². The summed E-state index contributed by atoms with van der Waals surface area (Å²) in [6, 6.07) is 26.2. The fraction of sp³-hybridized carbons (Fsp3) is 0.290. The minimum absolute atomic E-state index is 0.344. The summed E-state index contributed by atoms with van der Waals surface area (Å²) in [5, 5.41) is 13.0. The van der Waals surface area contributed by atoms with Crippen LogP contribution < -0.4 is 15.1 Å². The van der Waals surface area contributed by atoms with Crippen LogP contribution in [0.25, 0.3) is 11.0 Å². The lowest BCUT2D eigenvalue weighted by Gasteiger charge is -2.38. The van der Waals surface area contributed by atoms with E-state index in [-0.39, 0.29) is 5.91 Å². The second-order valence-corrected chi connectivity index (χ2v) is 9.70. The number of carbonyl (C=O) groups is 1. The predicted octanol–water partition coefficient (Wildman–Crippen LogP) is 4.54. The third-order valence-electron chi connectivity index (χ3n) is 7.29. The molecule has 1 aliphatic rings. The number of fused-ring (bicyclic) bond motifs is 1. The molecule has 1 N–H and O–H groups in total. The molecule has 3 aromatic carbocycles. The molecule has 0 unspecified atom stereocenters. The Morgan fingerprint density at radius 1 is 0.895 bits per heavy atom. The summed E-state index contributed by atoms with van der Waals surface area (Å²) >= 11 is 0. The van der Waals surface area contributed by atoms with Crippen molar-refractivity contribution in [2.75, 3.05) is 42.5 Å². The number of amides is 1. The van der Waals surface area contributed by atoms with Crippen LogP contribution in [0, 0.1) is 25.2 Å². The lowest BCUT2D eigenvalue weighted by molar-refractivity contribution is -0.121. The maximum Gasteiger partial charge on any atom is 0.243 e. The predicted molar refractivity (Wildman–Crippen MR) is 151 cm³/mol. The van der Waals surface area contributed by atoms with Crippen molar-refractivity contribution >= 4 is 28.4 Å². The van der Waals surface area contributed by atoms with E-state index in [1.165, 1.54) is 16.8 Å². The molecule has 1 saturated heterocycles. The molecular formula is C31H32N6O. The quantitative estimate of drug-likeness (QED) is 0.398. The SMILES string of the molecule is Cc1cccc(N2CCN(c3nc4ccccc4nc3[C@@H](C#N)C(=O)NCCc3ccccc3)CC2)c1C. The Morgan fingerprint density at radius 2 is 1.55 bits per heavy atom. The van der Waals surface area contributed by atoms with E-state index >= 15 is 0 Å². The number of para-hydroxylation sites is 2. The lowest BCUT2D eigenvalue weighted by Crippen LogP contribution is -2.47. The van der Waals surface area contributed by atoms with Gasteiger partial charge in [-0.05, 0) is 55.2 Å². The fourth-order valence-electron chi connectivity index (χ4n) is 4.99. The average molecular weight is 505 g/mol. The molecule has 1 aliphatic heterocycles. The molecule has 0 spiro atoms. The van der Waals surface area contributed by atoms with Crippen LogP contribution in [0.2, 0.25) is 0 Å². The second kappa shape index (κ2) is 11.3. The number of rotatable bonds is 7. The highest BCUT2D eigenvalue weighted by Gasteiger charge is 2.30. The first-order valence-corrected chi connectivity index (χ1v) is 13.1.